The molecule has 0 bridgehead atoms. The maximum absolute atomic E-state index is 11.5. The van der Waals surface area contributed by atoms with Gasteiger partial charge in [0.2, 0.25) is 0 Å². The topological polar surface area (TPSA) is 53.7 Å². The number of nitrogens with zero attached hydrogens (tertiary/aromatic N) is 1. The van der Waals surface area contributed by atoms with Gasteiger partial charge in [0, 0.05) is 18.7 Å². The first-order chi connectivity index (χ1) is 8.53. The van der Waals surface area contributed by atoms with Crippen molar-refractivity contribution in [3.63, 3.8) is 0 Å². The number of hydrogen-bond donors (Lipinski definition) is 1. The predicted molar refractivity (Wildman–Crippen MR) is 68.3 cm³/mol. The lowest BCUT2D eigenvalue weighted by Gasteiger charge is -2.29. The van der Waals surface area contributed by atoms with Crippen LogP contribution in [0.25, 0.3) is 0 Å². The number of aryl methyl sites for hydroxylation is 1. The Labute approximate surface area is 108 Å². The van der Waals surface area contributed by atoms with Crippen molar-refractivity contribution in [2.24, 2.45) is 5.41 Å². The molecular weight excluding hydrogens is 230 g/mol. The fourth-order valence-electron chi connectivity index (χ4n) is 2.93. The van der Waals surface area contributed by atoms with Crippen molar-refractivity contribution < 1.29 is 14.3 Å². The Morgan fingerprint density at radius 1 is 1.50 bits per heavy atom. The number of carbonyl (C=O) groups is 1. The summed E-state index contributed by atoms with van der Waals surface area (Å²) in [5.41, 5.74) is 0.600. The molecular formula is C14H21NO3. The van der Waals surface area contributed by atoms with Crippen molar-refractivity contribution >= 4 is 5.97 Å². The SMILES string of the molecule is Cc1occc1CN(C)CC1(C(=O)O)CCCC1. The first kappa shape index (κ1) is 13.1. The Morgan fingerprint density at radius 3 is 2.67 bits per heavy atom. The minimum Gasteiger partial charge on any atom is -0.481 e. The molecule has 1 heterocycles. The van der Waals surface area contributed by atoms with E-state index in [-0.39, 0.29) is 0 Å². The average molecular weight is 251 g/mol. The standard InChI is InChI=1S/C14H21NO3/c1-11-12(5-8-18-11)9-15(2)10-14(13(16)17)6-3-4-7-14/h5,8H,3-4,6-7,9-10H2,1-2H3,(H,16,17). The number of rotatable bonds is 5. The fourth-order valence-corrected chi connectivity index (χ4v) is 2.93. The van der Waals surface area contributed by atoms with Crippen LogP contribution in [-0.2, 0) is 11.3 Å². The lowest BCUT2D eigenvalue weighted by molar-refractivity contribution is -0.149. The molecule has 0 aromatic carbocycles. The Balaban J connectivity index is 2.00. The van der Waals surface area contributed by atoms with Crippen LogP contribution in [-0.4, -0.2) is 29.6 Å². The first-order valence-electron chi connectivity index (χ1n) is 6.48. The highest BCUT2D eigenvalue weighted by Gasteiger charge is 2.41. The van der Waals surface area contributed by atoms with Crippen LogP contribution in [0, 0.1) is 12.3 Å². The molecule has 1 aromatic rings. The van der Waals surface area contributed by atoms with Crippen LogP contribution < -0.4 is 0 Å². The van der Waals surface area contributed by atoms with E-state index in [0.29, 0.717) is 6.54 Å². The summed E-state index contributed by atoms with van der Waals surface area (Å²) in [6, 6.07) is 1.95. The maximum Gasteiger partial charge on any atom is 0.310 e. The van der Waals surface area contributed by atoms with Crippen LogP contribution in [0.4, 0.5) is 0 Å². The summed E-state index contributed by atoms with van der Waals surface area (Å²) >= 11 is 0. The van der Waals surface area contributed by atoms with Crippen molar-refractivity contribution in [3.8, 4) is 0 Å². The number of furan rings is 1. The van der Waals surface area contributed by atoms with Gasteiger partial charge in [0.05, 0.1) is 11.7 Å². The molecule has 0 unspecified atom stereocenters. The normalized spacial score (nSPS) is 18.4. The summed E-state index contributed by atoms with van der Waals surface area (Å²) in [4.78, 5) is 13.6. The van der Waals surface area contributed by atoms with Gasteiger partial charge in [-0.2, -0.15) is 0 Å². The van der Waals surface area contributed by atoms with Gasteiger partial charge < -0.3 is 14.4 Å². The molecule has 1 aromatic heterocycles. The zero-order valence-electron chi connectivity index (χ0n) is 11.1. The summed E-state index contributed by atoms with van der Waals surface area (Å²) < 4.78 is 5.26. The molecule has 4 nitrogen and oxygen atoms in total. The molecule has 0 radical (unpaired) electrons. The molecule has 1 aliphatic carbocycles. The van der Waals surface area contributed by atoms with Gasteiger partial charge in [-0.25, -0.2) is 0 Å². The predicted octanol–water partition coefficient (Wildman–Crippen LogP) is 2.66. The Bertz CT molecular complexity index is 418. The molecule has 4 heteroatoms. The van der Waals surface area contributed by atoms with Crippen LogP contribution in [0.1, 0.15) is 37.0 Å². The summed E-state index contributed by atoms with van der Waals surface area (Å²) in [6.07, 6.45) is 5.35. The van der Waals surface area contributed by atoms with E-state index < -0.39 is 11.4 Å². The molecule has 0 saturated heterocycles. The molecule has 0 spiro atoms. The average Bonchev–Trinajstić information content (AvgIpc) is 2.90. The smallest absolute Gasteiger partial charge is 0.310 e. The maximum atomic E-state index is 11.5. The van der Waals surface area contributed by atoms with E-state index in [1.54, 1.807) is 6.26 Å². The van der Waals surface area contributed by atoms with Gasteiger partial charge in [0.15, 0.2) is 0 Å². The second-order valence-electron chi connectivity index (χ2n) is 5.47. The quantitative estimate of drug-likeness (QED) is 0.874. The van der Waals surface area contributed by atoms with Crippen molar-refractivity contribution in [1.82, 2.24) is 4.90 Å². The van der Waals surface area contributed by atoms with Crippen molar-refractivity contribution in [1.29, 1.82) is 0 Å². The van der Waals surface area contributed by atoms with Gasteiger partial charge in [0.25, 0.3) is 0 Å². The zero-order valence-corrected chi connectivity index (χ0v) is 11.1. The minimum atomic E-state index is -0.643. The highest BCUT2D eigenvalue weighted by molar-refractivity contribution is 5.75. The summed E-state index contributed by atoms with van der Waals surface area (Å²) in [5, 5.41) is 9.45. The Hall–Kier alpha value is -1.29. The molecule has 100 valence electrons. The summed E-state index contributed by atoms with van der Waals surface area (Å²) in [5.74, 6) is 0.272. The number of hydrogen-bond acceptors (Lipinski definition) is 3. The van der Waals surface area contributed by atoms with Gasteiger partial charge in [-0.1, -0.05) is 12.8 Å². The van der Waals surface area contributed by atoms with Crippen molar-refractivity contribution in [3.05, 3.63) is 23.7 Å². The number of carboxylic acids is 1. The highest BCUT2D eigenvalue weighted by atomic mass is 16.4. The second-order valence-corrected chi connectivity index (χ2v) is 5.47. The molecule has 2 rings (SSSR count). The van der Waals surface area contributed by atoms with Crippen LogP contribution in [0.5, 0.6) is 0 Å². The van der Waals surface area contributed by atoms with E-state index in [2.05, 4.69) is 4.90 Å². The largest absolute Gasteiger partial charge is 0.481 e. The highest BCUT2D eigenvalue weighted by Crippen LogP contribution is 2.39. The molecule has 18 heavy (non-hydrogen) atoms. The Kier molecular flexibility index (Phi) is 3.76. The van der Waals surface area contributed by atoms with Crippen molar-refractivity contribution in [2.45, 2.75) is 39.2 Å². The lowest BCUT2D eigenvalue weighted by atomic mass is 9.85. The van der Waals surface area contributed by atoms with Gasteiger partial charge >= 0.3 is 5.97 Å². The third-order valence-corrected chi connectivity index (χ3v) is 3.99. The molecule has 1 aliphatic rings. The summed E-state index contributed by atoms with van der Waals surface area (Å²) in [6.45, 7) is 3.30. The fraction of sp³-hybridized carbons (Fsp3) is 0.643. The van der Waals surface area contributed by atoms with Crippen LogP contribution in [0.2, 0.25) is 0 Å². The van der Waals surface area contributed by atoms with Crippen LogP contribution >= 0.6 is 0 Å². The first-order valence-corrected chi connectivity index (χ1v) is 6.48. The van der Waals surface area contributed by atoms with Crippen LogP contribution in [0.15, 0.2) is 16.7 Å². The molecule has 0 aliphatic heterocycles. The van der Waals surface area contributed by atoms with Crippen LogP contribution in [0.3, 0.4) is 0 Å². The molecule has 0 amide bonds. The molecule has 0 atom stereocenters. The third-order valence-electron chi connectivity index (χ3n) is 3.99. The van der Waals surface area contributed by atoms with E-state index >= 15 is 0 Å². The Morgan fingerprint density at radius 2 is 2.17 bits per heavy atom. The number of carboxylic acid groups (broad SMARTS) is 1. The van der Waals surface area contributed by atoms with Gasteiger partial charge in [-0.3, -0.25) is 4.79 Å². The second kappa shape index (κ2) is 5.14. The monoisotopic (exact) mass is 251 g/mol. The van der Waals surface area contributed by atoms with E-state index in [1.807, 2.05) is 20.0 Å². The van der Waals surface area contributed by atoms with E-state index in [9.17, 15) is 9.90 Å². The number of aliphatic carboxylic acids is 1. The molecule has 1 saturated carbocycles. The third kappa shape index (κ3) is 2.58. The van der Waals surface area contributed by atoms with E-state index in [0.717, 1.165) is 43.6 Å². The molecule has 1 N–H and O–H groups in total. The van der Waals surface area contributed by atoms with Gasteiger partial charge in [0.1, 0.15) is 5.76 Å². The van der Waals surface area contributed by atoms with Crippen molar-refractivity contribution in [2.75, 3.05) is 13.6 Å². The summed E-state index contributed by atoms with van der Waals surface area (Å²) in [7, 11) is 1.98. The van der Waals surface area contributed by atoms with Gasteiger partial charge in [-0.15, -0.1) is 0 Å². The van der Waals surface area contributed by atoms with E-state index in [4.69, 9.17) is 4.42 Å². The van der Waals surface area contributed by atoms with E-state index in [1.165, 1.54) is 0 Å². The lowest BCUT2D eigenvalue weighted by Crippen LogP contribution is -2.39. The zero-order chi connectivity index (χ0) is 13.2. The minimum absolute atomic E-state index is 0.535. The van der Waals surface area contributed by atoms with Gasteiger partial charge in [-0.05, 0) is 32.9 Å². The molecule has 1 fully saturated rings.